The second-order valence-corrected chi connectivity index (χ2v) is 12.2. The zero-order valence-corrected chi connectivity index (χ0v) is 19.5. The molecular weight excluding hydrogens is 356 g/mol. The van der Waals surface area contributed by atoms with Gasteiger partial charge in [-0.3, -0.25) is 4.79 Å². The lowest BCUT2D eigenvalue weighted by Crippen LogP contribution is -2.57. The normalized spacial score (nSPS) is 47.6. The van der Waals surface area contributed by atoms with E-state index in [0.717, 1.165) is 24.2 Å². The molecule has 4 aliphatic rings. The van der Waals surface area contributed by atoms with E-state index in [1.54, 1.807) is 0 Å². The highest BCUT2D eigenvalue weighted by molar-refractivity contribution is 5.91. The summed E-state index contributed by atoms with van der Waals surface area (Å²) in [5.74, 6) is 4.68. The number of rotatable bonds is 5. The van der Waals surface area contributed by atoms with Crippen LogP contribution >= 0.6 is 0 Å². The maximum atomic E-state index is 12.0. The number of carbonyl (C=O) groups excluding carboxylic acids is 1. The van der Waals surface area contributed by atoms with Gasteiger partial charge in [-0.15, -0.1) is 0 Å². The molecule has 0 radical (unpaired) electrons. The van der Waals surface area contributed by atoms with E-state index >= 15 is 0 Å². The van der Waals surface area contributed by atoms with Gasteiger partial charge in [0.05, 0.1) is 6.10 Å². The fourth-order valence-corrected chi connectivity index (χ4v) is 8.63. The molecule has 1 unspecified atom stereocenters. The number of aliphatic hydroxyl groups excluding tert-OH is 1. The Balaban J connectivity index is 1.53. The Morgan fingerprint density at radius 2 is 1.86 bits per heavy atom. The maximum Gasteiger partial charge on any atom is 0.155 e. The molecule has 0 heterocycles. The SMILES string of the molecule is CC(C)CCC[C@@H](C)[C@H]1CC[C@H]2[C@@H]3[C@H](O)CC4CC(=O)C=C[C@]4(C)[C@H]3CC[C@]12C. The Kier molecular flexibility index (Phi) is 5.82. The summed E-state index contributed by atoms with van der Waals surface area (Å²) < 4.78 is 0. The number of allylic oxidation sites excluding steroid dienone is 2. The molecular formula is C27H44O2. The van der Waals surface area contributed by atoms with Crippen LogP contribution in [0.3, 0.4) is 0 Å². The predicted octanol–water partition coefficient (Wildman–Crippen LogP) is 6.42. The summed E-state index contributed by atoms with van der Waals surface area (Å²) in [6, 6.07) is 0. The van der Waals surface area contributed by atoms with Crippen molar-refractivity contribution < 1.29 is 9.90 Å². The topological polar surface area (TPSA) is 37.3 Å². The van der Waals surface area contributed by atoms with Gasteiger partial charge in [-0.1, -0.05) is 60.0 Å². The molecule has 0 bridgehead atoms. The first-order valence-corrected chi connectivity index (χ1v) is 12.6. The molecule has 0 aromatic heterocycles. The Morgan fingerprint density at radius 1 is 1.10 bits per heavy atom. The lowest BCUT2D eigenvalue weighted by atomic mass is 9.45. The van der Waals surface area contributed by atoms with Gasteiger partial charge in [0.15, 0.2) is 5.78 Å². The molecule has 3 fully saturated rings. The third kappa shape index (κ3) is 3.56. The fraction of sp³-hybridized carbons (Fsp3) is 0.889. The first-order valence-electron chi connectivity index (χ1n) is 12.6. The smallest absolute Gasteiger partial charge is 0.155 e. The Labute approximate surface area is 178 Å². The van der Waals surface area contributed by atoms with E-state index in [9.17, 15) is 9.90 Å². The summed E-state index contributed by atoms with van der Waals surface area (Å²) in [4.78, 5) is 12.0. The molecule has 0 spiro atoms. The predicted molar refractivity (Wildman–Crippen MR) is 119 cm³/mol. The van der Waals surface area contributed by atoms with E-state index < -0.39 is 0 Å². The van der Waals surface area contributed by atoms with E-state index in [1.807, 2.05) is 6.08 Å². The Morgan fingerprint density at radius 3 is 2.59 bits per heavy atom. The van der Waals surface area contributed by atoms with Crippen molar-refractivity contribution in [1.82, 2.24) is 0 Å². The third-order valence-electron chi connectivity index (χ3n) is 10.3. The zero-order valence-electron chi connectivity index (χ0n) is 19.5. The van der Waals surface area contributed by atoms with E-state index in [4.69, 9.17) is 0 Å². The van der Waals surface area contributed by atoms with E-state index in [0.29, 0.717) is 35.5 Å². The summed E-state index contributed by atoms with van der Waals surface area (Å²) in [5.41, 5.74) is 0.511. The van der Waals surface area contributed by atoms with Crippen LogP contribution in [0, 0.1) is 52.3 Å². The fourth-order valence-electron chi connectivity index (χ4n) is 8.63. The molecule has 29 heavy (non-hydrogen) atoms. The van der Waals surface area contributed by atoms with Crippen molar-refractivity contribution >= 4 is 5.78 Å². The number of ketones is 1. The summed E-state index contributed by atoms with van der Waals surface area (Å²) in [7, 11) is 0. The van der Waals surface area contributed by atoms with Crippen molar-refractivity contribution in [2.75, 3.05) is 0 Å². The van der Waals surface area contributed by atoms with Crippen LogP contribution in [0.15, 0.2) is 12.2 Å². The van der Waals surface area contributed by atoms with Crippen molar-refractivity contribution in [2.45, 2.75) is 98.5 Å². The molecule has 2 nitrogen and oxygen atoms in total. The van der Waals surface area contributed by atoms with E-state index in [1.165, 1.54) is 44.9 Å². The number of fused-ring (bicyclic) bond motifs is 5. The molecule has 0 aliphatic heterocycles. The van der Waals surface area contributed by atoms with Gasteiger partial charge in [0.2, 0.25) is 0 Å². The first kappa shape index (κ1) is 21.6. The molecule has 0 saturated heterocycles. The van der Waals surface area contributed by atoms with Crippen molar-refractivity contribution in [3.05, 3.63) is 12.2 Å². The lowest BCUT2D eigenvalue weighted by molar-refractivity contribution is -0.147. The van der Waals surface area contributed by atoms with Crippen LogP contribution in [0.25, 0.3) is 0 Å². The van der Waals surface area contributed by atoms with Crippen LogP contribution in [-0.4, -0.2) is 17.0 Å². The quantitative estimate of drug-likeness (QED) is 0.578. The van der Waals surface area contributed by atoms with Crippen LogP contribution in [0.2, 0.25) is 0 Å². The van der Waals surface area contributed by atoms with Crippen molar-refractivity contribution in [1.29, 1.82) is 0 Å². The minimum absolute atomic E-state index is 0.111. The minimum atomic E-state index is -0.211. The van der Waals surface area contributed by atoms with Crippen molar-refractivity contribution in [3.8, 4) is 0 Å². The monoisotopic (exact) mass is 400 g/mol. The van der Waals surface area contributed by atoms with E-state index in [-0.39, 0.29) is 17.3 Å². The lowest BCUT2D eigenvalue weighted by Gasteiger charge is -2.60. The van der Waals surface area contributed by atoms with Crippen molar-refractivity contribution in [3.63, 3.8) is 0 Å². The summed E-state index contributed by atoms with van der Waals surface area (Å²) in [5, 5.41) is 11.3. The molecule has 4 rings (SSSR count). The van der Waals surface area contributed by atoms with Gasteiger partial charge in [0, 0.05) is 6.42 Å². The Hall–Kier alpha value is -0.630. The summed E-state index contributed by atoms with van der Waals surface area (Å²) in [6.45, 7) is 12.2. The molecule has 2 heteroatoms. The van der Waals surface area contributed by atoms with Crippen molar-refractivity contribution in [2.24, 2.45) is 52.3 Å². The molecule has 9 atom stereocenters. The van der Waals surface area contributed by atoms with Gasteiger partial charge in [0.1, 0.15) is 0 Å². The molecule has 0 amide bonds. The van der Waals surface area contributed by atoms with Crippen LogP contribution < -0.4 is 0 Å². The summed E-state index contributed by atoms with van der Waals surface area (Å²) >= 11 is 0. The molecule has 3 saturated carbocycles. The highest BCUT2D eigenvalue weighted by Gasteiger charge is 2.62. The largest absolute Gasteiger partial charge is 0.393 e. The molecule has 164 valence electrons. The Bertz CT molecular complexity index is 651. The average Bonchev–Trinajstić information content (AvgIpc) is 3.00. The highest BCUT2D eigenvalue weighted by Crippen LogP contribution is 2.67. The van der Waals surface area contributed by atoms with Gasteiger partial charge in [0.25, 0.3) is 0 Å². The second kappa shape index (κ2) is 7.81. The molecule has 1 N–H and O–H groups in total. The number of hydrogen-bond acceptors (Lipinski definition) is 2. The molecule has 0 aromatic carbocycles. The minimum Gasteiger partial charge on any atom is -0.393 e. The van der Waals surface area contributed by atoms with Gasteiger partial charge in [-0.05, 0) is 90.4 Å². The van der Waals surface area contributed by atoms with Crippen LogP contribution in [0.1, 0.15) is 92.4 Å². The standard InChI is InChI=1S/C27H44O2/c1-17(2)7-6-8-18(3)21-9-10-22-25-23(12-14-27(21,22)5)26(4)13-11-20(28)15-19(26)16-24(25)29/h11,13,17-19,21-25,29H,6-10,12,14-16H2,1-5H3/t18-,19?,21-,22+,23+,24-,25+,26+,27-/m1/s1. The van der Waals surface area contributed by atoms with E-state index in [2.05, 4.69) is 40.7 Å². The first-order chi connectivity index (χ1) is 13.7. The second-order valence-electron chi connectivity index (χ2n) is 12.2. The van der Waals surface area contributed by atoms with Gasteiger partial charge >= 0.3 is 0 Å². The molecule has 0 aromatic rings. The van der Waals surface area contributed by atoms with Gasteiger partial charge in [-0.25, -0.2) is 0 Å². The number of hydrogen-bond donors (Lipinski definition) is 1. The van der Waals surface area contributed by atoms with Gasteiger partial charge < -0.3 is 5.11 Å². The average molecular weight is 401 g/mol. The maximum absolute atomic E-state index is 12.0. The highest BCUT2D eigenvalue weighted by atomic mass is 16.3. The zero-order chi connectivity index (χ0) is 21.0. The van der Waals surface area contributed by atoms with Crippen LogP contribution in [0.4, 0.5) is 0 Å². The van der Waals surface area contributed by atoms with Crippen LogP contribution in [0.5, 0.6) is 0 Å². The molecule has 4 aliphatic carbocycles. The van der Waals surface area contributed by atoms with Crippen LogP contribution in [-0.2, 0) is 4.79 Å². The number of carbonyl (C=O) groups is 1. The summed E-state index contributed by atoms with van der Waals surface area (Å²) in [6.07, 6.45) is 14.7. The third-order valence-corrected chi connectivity index (χ3v) is 10.3. The van der Waals surface area contributed by atoms with Gasteiger partial charge in [-0.2, -0.15) is 0 Å². The number of aliphatic hydroxyl groups is 1.